The van der Waals surface area contributed by atoms with Crippen molar-refractivity contribution in [2.45, 2.75) is 19.4 Å². The molecule has 0 aromatic heterocycles. The number of hydrogen-bond acceptors (Lipinski definition) is 3. The number of carbonyl (C=O) groups excluding carboxylic acids is 2. The third-order valence-electron chi connectivity index (χ3n) is 2.15. The van der Waals surface area contributed by atoms with Crippen molar-refractivity contribution in [2.24, 2.45) is 0 Å². The Morgan fingerprint density at radius 1 is 1.29 bits per heavy atom. The number of benzene rings is 1. The Bertz CT molecular complexity index is 367. The van der Waals surface area contributed by atoms with Gasteiger partial charge in [-0.05, 0) is 6.92 Å². The van der Waals surface area contributed by atoms with Gasteiger partial charge in [-0.15, -0.1) is 0 Å². The van der Waals surface area contributed by atoms with Crippen LogP contribution in [0.25, 0.3) is 0 Å². The molecule has 0 fully saturated rings. The smallest absolute Gasteiger partial charge is 0.365 e. The van der Waals surface area contributed by atoms with E-state index in [-0.39, 0.29) is 24.6 Å². The minimum Gasteiger partial charge on any atom is -1.00 e. The Morgan fingerprint density at radius 2 is 1.88 bits per heavy atom. The number of ketones is 1. The van der Waals surface area contributed by atoms with Gasteiger partial charge in [-0.2, -0.15) is 0 Å². The minimum absolute atomic E-state index is 0. The number of rotatable bonds is 5. The molecule has 1 aromatic rings. The maximum Gasteiger partial charge on any atom is 0.365 e. The first-order valence-corrected chi connectivity index (χ1v) is 5.23. The molecule has 0 amide bonds. The first kappa shape index (κ1) is 15.6. The Balaban J connectivity index is 0.00000256. The maximum absolute atomic E-state index is 11.7. The molecule has 0 saturated carbocycles. The number of quaternary nitrogens is 1. The van der Waals surface area contributed by atoms with Gasteiger partial charge in [0.25, 0.3) is 0 Å². The standard InChI is InChI=1S/C12H15NO3.ClH/c1-2-16-12(15)10(13)8-11(14)9-6-4-3-5-7-9;/h3-7,10H,2,8,13H2,1H3;1H. The van der Waals surface area contributed by atoms with Crippen molar-refractivity contribution in [3.63, 3.8) is 0 Å². The van der Waals surface area contributed by atoms with Gasteiger partial charge < -0.3 is 22.9 Å². The molecule has 4 nitrogen and oxygen atoms in total. The lowest BCUT2D eigenvalue weighted by atomic mass is 10.0. The van der Waals surface area contributed by atoms with Gasteiger partial charge in [-0.3, -0.25) is 4.79 Å². The molecule has 1 unspecified atom stereocenters. The second kappa shape index (κ2) is 7.81. The number of halogens is 1. The van der Waals surface area contributed by atoms with Gasteiger partial charge in [0.1, 0.15) is 0 Å². The van der Waals surface area contributed by atoms with Crippen LogP contribution < -0.4 is 18.1 Å². The van der Waals surface area contributed by atoms with E-state index in [2.05, 4.69) is 5.73 Å². The van der Waals surface area contributed by atoms with Gasteiger partial charge in [0.15, 0.2) is 11.8 Å². The van der Waals surface area contributed by atoms with E-state index in [1.807, 2.05) is 6.07 Å². The van der Waals surface area contributed by atoms with Crippen LogP contribution in [0, 0.1) is 0 Å². The molecule has 0 saturated heterocycles. The molecule has 5 heteroatoms. The Kier molecular flexibility index (Phi) is 7.18. The van der Waals surface area contributed by atoms with Crippen LogP contribution in [-0.2, 0) is 9.53 Å². The van der Waals surface area contributed by atoms with Crippen molar-refractivity contribution < 1.29 is 32.5 Å². The van der Waals surface area contributed by atoms with Gasteiger partial charge in [0.2, 0.25) is 0 Å². The number of carbonyl (C=O) groups is 2. The van der Waals surface area contributed by atoms with E-state index in [1.54, 1.807) is 31.2 Å². The van der Waals surface area contributed by atoms with Crippen molar-refractivity contribution in [1.82, 2.24) is 0 Å². The minimum atomic E-state index is -0.632. The molecular weight excluding hydrogens is 242 g/mol. The van der Waals surface area contributed by atoms with Crippen molar-refractivity contribution in [3.05, 3.63) is 35.9 Å². The average molecular weight is 258 g/mol. The van der Waals surface area contributed by atoms with E-state index in [0.29, 0.717) is 12.2 Å². The highest BCUT2D eigenvalue weighted by Crippen LogP contribution is 2.04. The summed E-state index contributed by atoms with van der Waals surface area (Å²) in [6, 6.07) is 8.22. The monoisotopic (exact) mass is 257 g/mol. The zero-order valence-electron chi connectivity index (χ0n) is 9.69. The summed E-state index contributed by atoms with van der Waals surface area (Å²) in [6.45, 7) is 2.04. The van der Waals surface area contributed by atoms with E-state index >= 15 is 0 Å². The van der Waals surface area contributed by atoms with Crippen LogP contribution in [0.4, 0.5) is 0 Å². The molecule has 17 heavy (non-hydrogen) atoms. The average Bonchev–Trinajstić information content (AvgIpc) is 2.30. The number of hydrogen-bond donors (Lipinski definition) is 1. The van der Waals surface area contributed by atoms with Gasteiger partial charge in [0, 0.05) is 5.56 Å². The van der Waals surface area contributed by atoms with Crippen molar-refractivity contribution in [1.29, 1.82) is 0 Å². The molecule has 1 rings (SSSR count). The zero-order chi connectivity index (χ0) is 12.0. The summed E-state index contributed by atoms with van der Waals surface area (Å²) in [7, 11) is 0. The number of Topliss-reactive ketones (excluding diaryl/α,β-unsaturated/α-hetero) is 1. The molecule has 1 aromatic carbocycles. The molecular formula is C12H16ClNO3. The fourth-order valence-electron chi connectivity index (χ4n) is 1.31. The Labute approximate surface area is 107 Å². The molecule has 0 spiro atoms. The predicted octanol–water partition coefficient (Wildman–Crippen LogP) is -2.56. The summed E-state index contributed by atoms with van der Waals surface area (Å²) < 4.78 is 4.79. The van der Waals surface area contributed by atoms with Gasteiger partial charge in [-0.25, -0.2) is 4.79 Å². The number of esters is 1. The van der Waals surface area contributed by atoms with Crippen LogP contribution >= 0.6 is 0 Å². The fraction of sp³-hybridized carbons (Fsp3) is 0.333. The zero-order valence-corrected chi connectivity index (χ0v) is 10.4. The lowest BCUT2D eigenvalue weighted by Crippen LogP contribution is -3.00. The highest BCUT2D eigenvalue weighted by molar-refractivity contribution is 5.98. The van der Waals surface area contributed by atoms with E-state index in [4.69, 9.17) is 4.74 Å². The molecule has 0 heterocycles. The second-order valence-corrected chi connectivity index (χ2v) is 3.44. The summed E-state index contributed by atoms with van der Waals surface area (Å²) in [5, 5.41) is 0. The fourth-order valence-corrected chi connectivity index (χ4v) is 1.31. The SMILES string of the molecule is CCOC(=O)C([NH3+])CC(=O)c1ccccc1.[Cl-]. The molecule has 0 aliphatic heterocycles. The van der Waals surface area contributed by atoms with E-state index in [1.165, 1.54) is 0 Å². The summed E-state index contributed by atoms with van der Waals surface area (Å²) in [5.74, 6) is -0.513. The van der Waals surface area contributed by atoms with Crippen LogP contribution in [0.3, 0.4) is 0 Å². The second-order valence-electron chi connectivity index (χ2n) is 3.44. The Hall–Kier alpha value is -1.39. The summed E-state index contributed by atoms with van der Waals surface area (Å²) in [6.07, 6.45) is 0.0862. The van der Waals surface area contributed by atoms with Gasteiger partial charge >= 0.3 is 5.97 Å². The van der Waals surface area contributed by atoms with E-state index in [9.17, 15) is 9.59 Å². The van der Waals surface area contributed by atoms with Gasteiger partial charge in [0.05, 0.1) is 13.0 Å². The lowest BCUT2D eigenvalue weighted by molar-refractivity contribution is -0.406. The first-order valence-electron chi connectivity index (χ1n) is 5.23. The van der Waals surface area contributed by atoms with Crippen molar-refractivity contribution in [3.8, 4) is 0 Å². The quantitative estimate of drug-likeness (QED) is 0.466. The van der Waals surface area contributed by atoms with Crippen LogP contribution in [0.15, 0.2) is 30.3 Å². The molecule has 0 bridgehead atoms. The molecule has 0 aliphatic rings. The molecule has 3 N–H and O–H groups in total. The van der Waals surface area contributed by atoms with E-state index in [0.717, 1.165) is 0 Å². The van der Waals surface area contributed by atoms with Crippen molar-refractivity contribution in [2.75, 3.05) is 6.61 Å². The van der Waals surface area contributed by atoms with Crippen LogP contribution in [0.5, 0.6) is 0 Å². The maximum atomic E-state index is 11.7. The van der Waals surface area contributed by atoms with Crippen LogP contribution in [0.2, 0.25) is 0 Å². The predicted molar refractivity (Wildman–Crippen MR) is 58.7 cm³/mol. The summed E-state index contributed by atoms with van der Waals surface area (Å²) in [5.41, 5.74) is 4.22. The molecule has 0 aliphatic carbocycles. The largest absolute Gasteiger partial charge is 1.00 e. The van der Waals surface area contributed by atoms with E-state index < -0.39 is 12.0 Å². The van der Waals surface area contributed by atoms with Crippen molar-refractivity contribution >= 4 is 11.8 Å². The van der Waals surface area contributed by atoms with Crippen LogP contribution in [0.1, 0.15) is 23.7 Å². The normalized spacial score (nSPS) is 11.2. The number of ether oxygens (including phenoxy) is 1. The molecule has 1 atom stereocenters. The highest BCUT2D eigenvalue weighted by atomic mass is 35.5. The Morgan fingerprint density at radius 3 is 2.41 bits per heavy atom. The highest BCUT2D eigenvalue weighted by Gasteiger charge is 2.22. The van der Waals surface area contributed by atoms with Crippen LogP contribution in [-0.4, -0.2) is 24.4 Å². The lowest BCUT2D eigenvalue weighted by Gasteiger charge is -2.06. The van der Waals surface area contributed by atoms with Gasteiger partial charge in [-0.1, -0.05) is 30.3 Å². The first-order chi connectivity index (χ1) is 7.65. The molecule has 0 radical (unpaired) electrons. The molecule has 94 valence electrons. The third-order valence-corrected chi connectivity index (χ3v) is 2.15. The third kappa shape index (κ3) is 4.97. The summed E-state index contributed by atoms with van der Waals surface area (Å²) >= 11 is 0. The summed E-state index contributed by atoms with van der Waals surface area (Å²) in [4.78, 5) is 23.0. The topological polar surface area (TPSA) is 71.0 Å².